The fraction of sp³-hybridized carbons (Fsp3) is 0.353. The van der Waals surface area contributed by atoms with Crippen LogP contribution in [0.4, 0.5) is 5.82 Å². The molecule has 0 spiro atoms. The molecular formula is C17H19N5. The molecule has 1 saturated heterocycles. The Balaban J connectivity index is 1.78. The topological polar surface area (TPSA) is 46.8 Å². The highest BCUT2D eigenvalue weighted by molar-refractivity contribution is 5.92. The van der Waals surface area contributed by atoms with Crippen molar-refractivity contribution in [1.29, 1.82) is 0 Å². The molecule has 1 fully saturated rings. The summed E-state index contributed by atoms with van der Waals surface area (Å²) in [4.78, 5) is 15.8. The molecule has 5 nitrogen and oxygen atoms in total. The van der Waals surface area contributed by atoms with Gasteiger partial charge >= 0.3 is 0 Å². The summed E-state index contributed by atoms with van der Waals surface area (Å²) in [6.45, 7) is 2.18. The Bertz CT molecular complexity index is 802. The van der Waals surface area contributed by atoms with E-state index >= 15 is 0 Å². The van der Waals surface area contributed by atoms with Gasteiger partial charge in [-0.25, -0.2) is 15.0 Å². The molecule has 0 aromatic carbocycles. The molecule has 0 radical (unpaired) electrons. The molecule has 0 aliphatic carbocycles. The SMILES string of the molecule is Cn1ccc2c(-c3cc(N4CCCCC4)ncn3)ccnc21. The van der Waals surface area contributed by atoms with Crippen molar-refractivity contribution in [2.24, 2.45) is 7.05 Å². The summed E-state index contributed by atoms with van der Waals surface area (Å²) in [7, 11) is 2.01. The summed E-state index contributed by atoms with van der Waals surface area (Å²) >= 11 is 0. The van der Waals surface area contributed by atoms with Crippen LogP contribution in [0.3, 0.4) is 0 Å². The Kier molecular flexibility index (Phi) is 3.25. The second kappa shape index (κ2) is 5.40. The van der Waals surface area contributed by atoms with Gasteiger partial charge in [0.15, 0.2) is 0 Å². The lowest BCUT2D eigenvalue weighted by Gasteiger charge is -2.27. The largest absolute Gasteiger partial charge is 0.357 e. The van der Waals surface area contributed by atoms with Gasteiger partial charge in [-0.3, -0.25) is 0 Å². The molecule has 1 aliphatic heterocycles. The standard InChI is InChI=1S/C17H19N5/c1-21-10-6-14-13(5-7-18-17(14)21)15-11-16(20-12-19-15)22-8-3-2-4-9-22/h5-7,10-12H,2-4,8-9H2,1H3. The van der Waals surface area contributed by atoms with E-state index in [0.29, 0.717) is 0 Å². The molecule has 0 atom stereocenters. The Morgan fingerprint density at radius 3 is 2.73 bits per heavy atom. The number of aromatic nitrogens is 4. The zero-order valence-electron chi connectivity index (χ0n) is 12.7. The maximum atomic E-state index is 4.49. The number of rotatable bonds is 2. The van der Waals surface area contributed by atoms with Gasteiger partial charge in [-0.2, -0.15) is 0 Å². The van der Waals surface area contributed by atoms with E-state index in [1.807, 2.05) is 30.1 Å². The Hall–Kier alpha value is -2.43. The summed E-state index contributed by atoms with van der Waals surface area (Å²) in [5.74, 6) is 1.03. The number of aryl methyl sites for hydroxylation is 1. The maximum absolute atomic E-state index is 4.49. The lowest BCUT2D eigenvalue weighted by molar-refractivity contribution is 0.573. The highest BCUT2D eigenvalue weighted by atomic mass is 15.2. The number of hydrogen-bond donors (Lipinski definition) is 0. The van der Waals surface area contributed by atoms with Crippen LogP contribution in [0.5, 0.6) is 0 Å². The molecule has 3 aromatic rings. The molecule has 0 saturated carbocycles. The summed E-state index contributed by atoms with van der Waals surface area (Å²) in [5.41, 5.74) is 3.07. The van der Waals surface area contributed by atoms with Gasteiger partial charge in [0.05, 0.1) is 5.69 Å². The minimum absolute atomic E-state index is 0.967. The van der Waals surface area contributed by atoms with E-state index in [1.54, 1.807) is 6.33 Å². The molecule has 22 heavy (non-hydrogen) atoms. The van der Waals surface area contributed by atoms with Crippen molar-refractivity contribution in [3.63, 3.8) is 0 Å². The van der Waals surface area contributed by atoms with E-state index < -0.39 is 0 Å². The van der Waals surface area contributed by atoms with Gasteiger partial charge in [-0.05, 0) is 31.4 Å². The van der Waals surface area contributed by atoms with Gasteiger partial charge in [-0.15, -0.1) is 0 Å². The third-order valence-electron chi connectivity index (χ3n) is 4.38. The Morgan fingerprint density at radius 2 is 1.86 bits per heavy atom. The van der Waals surface area contributed by atoms with Crippen molar-refractivity contribution in [3.8, 4) is 11.3 Å². The smallest absolute Gasteiger partial charge is 0.140 e. The molecule has 112 valence electrons. The van der Waals surface area contributed by atoms with Crippen molar-refractivity contribution in [1.82, 2.24) is 19.5 Å². The molecule has 4 rings (SSSR count). The fourth-order valence-electron chi connectivity index (χ4n) is 3.18. The zero-order valence-corrected chi connectivity index (χ0v) is 12.7. The van der Waals surface area contributed by atoms with E-state index in [-0.39, 0.29) is 0 Å². The second-order valence-electron chi connectivity index (χ2n) is 5.83. The molecule has 1 aliphatic rings. The fourth-order valence-corrected chi connectivity index (χ4v) is 3.18. The summed E-state index contributed by atoms with van der Waals surface area (Å²) in [6.07, 6.45) is 9.38. The van der Waals surface area contributed by atoms with Crippen LogP contribution in [0.2, 0.25) is 0 Å². The first-order valence-corrected chi connectivity index (χ1v) is 7.80. The highest BCUT2D eigenvalue weighted by Crippen LogP contribution is 2.28. The predicted octanol–water partition coefficient (Wildman–Crippen LogP) is 3.02. The van der Waals surface area contributed by atoms with Gasteiger partial charge in [0, 0.05) is 49.5 Å². The molecule has 3 aromatic heterocycles. The minimum atomic E-state index is 0.967. The number of pyridine rings is 1. The van der Waals surface area contributed by atoms with E-state index in [4.69, 9.17) is 0 Å². The first-order valence-electron chi connectivity index (χ1n) is 7.80. The van der Waals surface area contributed by atoms with Gasteiger partial charge in [-0.1, -0.05) is 0 Å². The molecule has 0 unspecified atom stereocenters. The van der Waals surface area contributed by atoms with Crippen LogP contribution in [-0.4, -0.2) is 32.6 Å². The minimum Gasteiger partial charge on any atom is -0.357 e. The highest BCUT2D eigenvalue weighted by Gasteiger charge is 2.14. The number of piperidine rings is 1. The van der Waals surface area contributed by atoms with Crippen molar-refractivity contribution in [2.75, 3.05) is 18.0 Å². The maximum Gasteiger partial charge on any atom is 0.140 e. The molecule has 0 N–H and O–H groups in total. The average Bonchev–Trinajstić information content (AvgIpc) is 2.97. The zero-order chi connectivity index (χ0) is 14.9. The van der Waals surface area contributed by atoms with Crippen LogP contribution < -0.4 is 4.90 Å². The van der Waals surface area contributed by atoms with E-state index in [0.717, 1.165) is 41.2 Å². The molecule has 0 bridgehead atoms. The van der Waals surface area contributed by atoms with E-state index in [9.17, 15) is 0 Å². The van der Waals surface area contributed by atoms with Crippen molar-refractivity contribution >= 4 is 16.9 Å². The second-order valence-corrected chi connectivity index (χ2v) is 5.83. The first kappa shape index (κ1) is 13.2. The summed E-state index contributed by atoms with van der Waals surface area (Å²) < 4.78 is 2.03. The molecule has 4 heterocycles. The quantitative estimate of drug-likeness (QED) is 0.728. The first-order chi connectivity index (χ1) is 10.8. The molecule has 5 heteroatoms. The van der Waals surface area contributed by atoms with Crippen LogP contribution >= 0.6 is 0 Å². The van der Waals surface area contributed by atoms with Crippen LogP contribution in [0.15, 0.2) is 36.9 Å². The summed E-state index contributed by atoms with van der Waals surface area (Å²) in [5, 5.41) is 1.13. The number of fused-ring (bicyclic) bond motifs is 1. The van der Waals surface area contributed by atoms with Crippen molar-refractivity contribution < 1.29 is 0 Å². The third-order valence-corrected chi connectivity index (χ3v) is 4.38. The lowest BCUT2D eigenvalue weighted by atomic mass is 10.1. The predicted molar refractivity (Wildman–Crippen MR) is 87.8 cm³/mol. The van der Waals surface area contributed by atoms with Crippen LogP contribution in [-0.2, 0) is 7.05 Å². The normalized spacial score (nSPS) is 15.4. The van der Waals surface area contributed by atoms with Crippen LogP contribution in [0.25, 0.3) is 22.3 Å². The average molecular weight is 293 g/mol. The number of nitrogens with zero attached hydrogens (tertiary/aromatic N) is 5. The Labute approximate surface area is 129 Å². The lowest BCUT2D eigenvalue weighted by Crippen LogP contribution is -2.30. The van der Waals surface area contributed by atoms with Gasteiger partial charge in [0.1, 0.15) is 17.8 Å². The van der Waals surface area contributed by atoms with Crippen molar-refractivity contribution in [2.45, 2.75) is 19.3 Å². The molecular weight excluding hydrogens is 274 g/mol. The third kappa shape index (κ3) is 2.22. The number of anilines is 1. The Morgan fingerprint density at radius 1 is 1.00 bits per heavy atom. The van der Waals surface area contributed by atoms with Gasteiger partial charge in [0.2, 0.25) is 0 Å². The van der Waals surface area contributed by atoms with Crippen LogP contribution in [0.1, 0.15) is 19.3 Å². The van der Waals surface area contributed by atoms with Crippen molar-refractivity contribution in [3.05, 3.63) is 36.9 Å². The van der Waals surface area contributed by atoms with E-state index in [1.165, 1.54) is 19.3 Å². The number of hydrogen-bond acceptors (Lipinski definition) is 4. The van der Waals surface area contributed by atoms with Gasteiger partial charge in [0.25, 0.3) is 0 Å². The summed E-state index contributed by atoms with van der Waals surface area (Å²) in [6, 6.07) is 6.23. The molecule has 0 amide bonds. The van der Waals surface area contributed by atoms with E-state index in [2.05, 4.69) is 32.0 Å². The monoisotopic (exact) mass is 293 g/mol. The van der Waals surface area contributed by atoms with Crippen LogP contribution in [0, 0.1) is 0 Å². The van der Waals surface area contributed by atoms with Gasteiger partial charge < -0.3 is 9.47 Å².